The third-order valence-corrected chi connectivity index (χ3v) is 4.23. The first-order valence-electron chi connectivity index (χ1n) is 7.92. The van der Waals surface area contributed by atoms with Crippen molar-refractivity contribution in [2.45, 2.75) is 0 Å². The summed E-state index contributed by atoms with van der Waals surface area (Å²) in [6.45, 7) is 3.76. The first-order valence-corrected chi connectivity index (χ1v) is 7.92. The standard InChI is InChI=1S/C19H22NO3/c1-20(11-13-22-14-12-20)15-19(21)16-7-9-18(10-8-16)23-17-5-3-2-4-6-17/h2-10H,11-15H2,1H3/q+1. The molecule has 2 aromatic rings. The van der Waals surface area contributed by atoms with Crippen LogP contribution >= 0.6 is 0 Å². The highest BCUT2D eigenvalue weighted by Gasteiger charge is 2.28. The minimum Gasteiger partial charge on any atom is -0.457 e. The van der Waals surface area contributed by atoms with Crippen LogP contribution in [0.15, 0.2) is 54.6 Å². The van der Waals surface area contributed by atoms with Gasteiger partial charge in [0, 0.05) is 5.56 Å². The van der Waals surface area contributed by atoms with E-state index >= 15 is 0 Å². The average Bonchev–Trinajstić information content (AvgIpc) is 2.57. The van der Waals surface area contributed by atoms with Gasteiger partial charge in [0.15, 0.2) is 0 Å². The largest absolute Gasteiger partial charge is 0.457 e. The van der Waals surface area contributed by atoms with E-state index in [-0.39, 0.29) is 5.78 Å². The lowest BCUT2D eigenvalue weighted by molar-refractivity contribution is -0.908. The van der Waals surface area contributed by atoms with Gasteiger partial charge in [0.05, 0.1) is 20.3 Å². The number of benzene rings is 2. The highest BCUT2D eigenvalue weighted by atomic mass is 16.5. The van der Waals surface area contributed by atoms with Crippen molar-refractivity contribution in [2.75, 3.05) is 39.9 Å². The quantitative estimate of drug-likeness (QED) is 0.628. The van der Waals surface area contributed by atoms with Crippen molar-refractivity contribution >= 4 is 5.78 Å². The number of ketones is 1. The maximum atomic E-state index is 12.5. The number of likely N-dealkylation sites (N-methyl/N-ethyl adjacent to an activating group) is 1. The third-order valence-electron chi connectivity index (χ3n) is 4.23. The monoisotopic (exact) mass is 312 g/mol. The lowest BCUT2D eigenvalue weighted by Gasteiger charge is -2.36. The Labute approximate surface area is 136 Å². The summed E-state index contributed by atoms with van der Waals surface area (Å²) in [5.41, 5.74) is 0.733. The second-order valence-corrected chi connectivity index (χ2v) is 6.20. The van der Waals surface area contributed by atoms with Crippen LogP contribution in [0.3, 0.4) is 0 Å². The molecule has 0 radical (unpaired) electrons. The molecule has 4 heteroatoms. The van der Waals surface area contributed by atoms with Gasteiger partial charge in [-0.1, -0.05) is 18.2 Å². The molecule has 0 atom stereocenters. The molecule has 1 aliphatic heterocycles. The van der Waals surface area contributed by atoms with E-state index in [1.807, 2.05) is 54.6 Å². The van der Waals surface area contributed by atoms with Crippen LogP contribution in [0, 0.1) is 0 Å². The maximum absolute atomic E-state index is 12.5. The van der Waals surface area contributed by atoms with Gasteiger partial charge in [0.2, 0.25) is 5.78 Å². The van der Waals surface area contributed by atoms with Gasteiger partial charge in [-0.05, 0) is 36.4 Å². The van der Waals surface area contributed by atoms with Crippen molar-refractivity contribution in [2.24, 2.45) is 0 Å². The Kier molecular flexibility index (Phi) is 4.74. The normalized spacial score (nSPS) is 16.7. The van der Waals surface area contributed by atoms with Crippen LogP contribution in [0.1, 0.15) is 10.4 Å². The molecule has 1 saturated heterocycles. The van der Waals surface area contributed by atoms with Gasteiger partial charge in [0.1, 0.15) is 31.1 Å². The fourth-order valence-electron chi connectivity index (χ4n) is 2.71. The molecule has 2 aromatic carbocycles. The van der Waals surface area contributed by atoms with Gasteiger partial charge in [-0.3, -0.25) is 4.79 Å². The molecular weight excluding hydrogens is 290 g/mol. The molecule has 1 heterocycles. The zero-order chi connectivity index (χ0) is 16.1. The Morgan fingerprint density at radius 2 is 1.61 bits per heavy atom. The van der Waals surface area contributed by atoms with Crippen molar-refractivity contribution in [3.8, 4) is 11.5 Å². The maximum Gasteiger partial charge on any atom is 0.216 e. The van der Waals surface area contributed by atoms with E-state index in [4.69, 9.17) is 9.47 Å². The zero-order valence-corrected chi connectivity index (χ0v) is 13.4. The summed E-state index contributed by atoms with van der Waals surface area (Å²) in [5, 5.41) is 0. The number of hydrogen-bond donors (Lipinski definition) is 0. The summed E-state index contributed by atoms with van der Waals surface area (Å²) >= 11 is 0. The van der Waals surface area contributed by atoms with E-state index in [1.54, 1.807) is 0 Å². The number of nitrogens with zero attached hydrogens (tertiary/aromatic N) is 1. The highest BCUT2D eigenvalue weighted by molar-refractivity contribution is 5.97. The van der Waals surface area contributed by atoms with E-state index in [9.17, 15) is 4.79 Å². The molecule has 120 valence electrons. The SMILES string of the molecule is C[N+]1(CC(=O)c2ccc(Oc3ccccc3)cc2)CCOCC1. The van der Waals surface area contributed by atoms with E-state index in [1.165, 1.54) is 0 Å². The summed E-state index contributed by atoms with van der Waals surface area (Å²) in [7, 11) is 2.12. The summed E-state index contributed by atoms with van der Waals surface area (Å²) in [5.74, 6) is 1.69. The van der Waals surface area contributed by atoms with Gasteiger partial charge < -0.3 is 14.0 Å². The number of hydrogen-bond acceptors (Lipinski definition) is 3. The number of quaternary nitrogens is 1. The van der Waals surface area contributed by atoms with Gasteiger partial charge >= 0.3 is 0 Å². The molecule has 1 fully saturated rings. The molecule has 1 aliphatic rings. The smallest absolute Gasteiger partial charge is 0.216 e. The minimum absolute atomic E-state index is 0.167. The summed E-state index contributed by atoms with van der Waals surface area (Å²) < 4.78 is 11.9. The molecule has 23 heavy (non-hydrogen) atoms. The molecule has 0 N–H and O–H groups in total. The van der Waals surface area contributed by atoms with E-state index < -0.39 is 0 Å². The Morgan fingerprint density at radius 1 is 1.00 bits per heavy atom. The third kappa shape index (κ3) is 4.18. The molecule has 0 unspecified atom stereocenters. The predicted molar refractivity (Wildman–Crippen MR) is 88.9 cm³/mol. The molecule has 4 nitrogen and oxygen atoms in total. The molecule has 0 aromatic heterocycles. The first kappa shape index (κ1) is 15.7. The van der Waals surface area contributed by atoms with Gasteiger partial charge in [-0.25, -0.2) is 0 Å². The number of carbonyl (C=O) groups excluding carboxylic acids is 1. The minimum atomic E-state index is 0.167. The van der Waals surface area contributed by atoms with Gasteiger partial charge in [-0.2, -0.15) is 0 Å². The predicted octanol–water partition coefficient (Wildman–Crippen LogP) is 3.14. The summed E-state index contributed by atoms with van der Waals surface area (Å²) in [6.07, 6.45) is 0. The fourth-order valence-corrected chi connectivity index (χ4v) is 2.71. The second kappa shape index (κ2) is 6.94. The van der Waals surface area contributed by atoms with E-state index in [2.05, 4.69) is 7.05 Å². The van der Waals surface area contributed by atoms with Crippen LogP contribution in [0.4, 0.5) is 0 Å². The van der Waals surface area contributed by atoms with Crippen LogP contribution in [0.5, 0.6) is 11.5 Å². The van der Waals surface area contributed by atoms with Gasteiger partial charge in [-0.15, -0.1) is 0 Å². The van der Waals surface area contributed by atoms with Crippen LogP contribution in [-0.4, -0.2) is 50.2 Å². The average molecular weight is 312 g/mol. The van der Waals surface area contributed by atoms with Crippen molar-refractivity contribution in [1.82, 2.24) is 0 Å². The number of morpholine rings is 1. The summed E-state index contributed by atoms with van der Waals surface area (Å²) in [6, 6.07) is 17.0. The van der Waals surface area contributed by atoms with E-state index in [0.717, 1.165) is 47.8 Å². The van der Waals surface area contributed by atoms with Crippen LogP contribution in [0.2, 0.25) is 0 Å². The number of rotatable bonds is 5. The molecule has 0 spiro atoms. The fraction of sp³-hybridized carbons (Fsp3) is 0.316. The Morgan fingerprint density at radius 3 is 2.26 bits per heavy atom. The molecular formula is C19H22NO3+. The number of Topliss-reactive ketones (excluding diaryl/α,β-unsaturated/α-hetero) is 1. The number of para-hydroxylation sites is 1. The Bertz CT molecular complexity index is 646. The lowest BCUT2D eigenvalue weighted by Crippen LogP contribution is -2.54. The second-order valence-electron chi connectivity index (χ2n) is 6.20. The molecule has 0 saturated carbocycles. The number of ether oxygens (including phenoxy) is 2. The van der Waals surface area contributed by atoms with E-state index in [0.29, 0.717) is 6.54 Å². The molecule has 0 amide bonds. The van der Waals surface area contributed by atoms with Gasteiger partial charge in [0.25, 0.3) is 0 Å². The zero-order valence-electron chi connectivity index (χ0n) is 13.4. The van der Waals surface area contributed by atoms with Crippen LogP contribution in [0.25, 0.3) is 0 Å². The molecule has 0 aliphatic carbocycles. The molecule has 3 rings (SSSR count). The van der Waals surface area contributed by atoms with Crippen molar-refractivity contribution in [1.29, 1.82) is 0 Å². The topological polar surface area (TPSA) is 35.5 Å². The lowest BCUT2D eigenvalue weighted by atomic mass is 10.1. The first-order chi connectivity index (χ1) is 11.1. The van der Waals surface area contributed by atoms with Crippen LogP contribution < -0.4 is 4.74 Å². The Balaban J connectivity index is 1.63. The number of carbonyl (C=O) groups is 1. The summed E-state index contributed by atoms with van der Waals surface area (Å²) in [4.78, 5) is 12.5. The van der Waals surface area contributed by atoms with Crippen molar-refractivity contribution in [3.05, 3.63) is 60.2 Å². The van der Waals surface area contributed by atoms with Crippen molar-refractivity contribution < 1.29 is 18.8 Å². The van der Waals surface area contributed by atoms with Crippen LogP contribution in [-0.2, 0) is 4.74 Å². The molecule has 0 bridgehead atoms. The highest BCUT2D eigenvalue weighted by Crippen LogP contribution is 2.21. The van der Waals surface area contributed by atoms with Crippen molar-refractivity contribution in [3.63, 3.8) is 0 Å². The Hall–Kier alpha value is -2.17.